The van der Waals surface area contributed by atoms with Crippen LogP contribution in [-0.2, 0) is 29.8 Å². The van der Waals surface area contributed by atoms with E-state index in [1.165, 1.54) is 36.4 Å². The summed E-state index contributed by atoms with van der Waals surface area (Å²) >= 11 is 0. The lowest BCUT2D eigenvalue weighted by molar-refractivity contribution is -0.140. The molecule has 50 heavy (non-hydrogen) atoms. The maximum absolute atomic E-state index is 12.3. The zero-order chi connectivity index (χ0) is 36.8. The molecule has 5 rings (SSSR count). The fourth-order valence-electron chi connectivity index (χ4n) is 4.81. The van der Waals surface area contributed by atoms with Gasteiger partial charge in [-0.1, -0.05) is 24.3 Å². The lowest BCUT2D eigenvalue weighted by Crippen LogP contribution is -2.41. The fraction of sp³-hybridized carbons (Fsp3) is 0.207. The number of aromatic amines is 1. The van der Waals surface area contributed by atoms with Gasteiger partial charge in [0, 0.05) is 41.5 Å². The molecule has 3 aromatic carbocycles. The topological polar surface area (TPSA) is 320 Å². The number of hydrogen-bond donors (Lipinski definition) is 10. The SMILES string of the molecule is Nc1nc(=O)c2c([nH]1)NC[C@@H](CNc1ccc(C(=O)N[C@@H](CCC(=O)O)C(=O)O)cc1)N2.O=S(=O)(O)c1cccc2c(S(=O)(=O)O)cccc12. The lowest BCUT2D eigenvalue weighted by Gasteiger charge is -2.27. The van der Waals surface area contributed by atoms with Crippen molar-refractivity contribution in [3.05, 3.63) is 76.6 Å². The van der Waals surface area contributed by atoms with Crippen LogP contribution in [0.15, 0.2) is 75.2 Å². The van der Waals surface area contributed by atoms with Gasteiger partial charge in [0.2, 0.25) is 5.95 Å². The number of carboxylic acid groups (broad SMARTS) is 2. The summed E-state index contributed by atoms with van der Waals surface area (Å²) in [4.78, 5) is 51.7. The summed E-state index contributed by atoms with van der Waals surface area (Å²) < 4.78 is 62.7. The van der Waals surface area contributed by atoms with Gasteiger partial charge in [-0.25, -0.2) is 4.79 Å². The van der Waals surface area contributed by atoms with Gasteiger partial charge in [0.05, 0.1) is 6.04 Å². The molecule has 19 nitrogen and oxygen atoms in total. The van der Waals surface area contributed by atoms with Crippen LogP contribution < -0.4 is 32.6 Å². The number of nitrogens with zero attached hydrogens (tertiary/aromatic N) is 1. The summed E-state index contributed by atoms with van der Waals surface area (Å²) in [6.45, 7) is 0.977. The Morgan fingerprint density at radius 2 is 1.50 bits per heavy atom. The molecule has 0 bridgehead atoms. The minimum absolute atomic E-state index is 0.0233. The molecule has 21 heteroatoms. The van der Waals surface area contributed by atoms with Crippen molar-refractivity contribution in [2.45, 2.75) is 34.7 Å². The zero-order valence-corrected chi connectivity index (χ0v) is 27.3. The Hall–Kier alpha value is -5.77. The Morgan fingerprint density at radius 1 is 0.920 bits per heavy atom. The van der Waals surface area contributed by atoms with Gasteiger partial charge in [0.25, 0.3) is 31.7 Å². The predicted molar refractivity (Wildman–Crippen MR) is 179 cm³/mol. The molecule has 0 radical (unpaired) electrons. The molecular weight excluding hydrogens is 702 g/mol. The highest BCUT2D eigenvalue weighted by Gasteiger charge is 2.23. The summed E-state index contributed by atoms with van der Waals surface area (Å²) in [7, 11) is -8.94. The van der Waals surface area contributed by atoms with E-state index in [1.54, 1.807) is 12.1 Å². The van der Waals surface area contributed by atoms with Crippen LogP contribution >= 0.6 is 0 Å². The molecule has 0 saturated heterocycles. The zero-order valence-electron chi connectivity index (χ0n) is 25.7. The third kappa shape index (κ3) is 9.43. The second-order valence-electron chi connectivity index (χ2n) is 10.7. The maximum atomic E-state index is 12.3. The van der Waals surface area contributed by atoms with Crippen molar-refractivity contribution in [3.63, 3.8) is 0 Å². The van der Waals surface area contributed by atoms with Crippen LogP contribution in [0.25, 0.3) is 10.8 Å². The van der Waals surface area contributed by atoms with Crippen LogP contribution in [-0.4, -0.2) is 89.1 Å². The van der Waals surface area contributed by atoms with Gasteiger partial charge in [-0.15, -0.1) is 0 Å². The van der Waals surface area contributed by atoms with E-state index in [2.05, 4.69) is 31.2 Å². The smallest absolute Gasteiger partial charge is 0.326 e. The number of nitrogen functional groups attached to an aromatic ring is 1. The molecule has 0 aliphatic carbocycles. The minimum atomic E-state index is -4.47. The van der Waals surface area contributed by atoms with Crippen molar-refractivity contribution in [1.82, 2.24) is 15.3 Å². The molecule has 266 valence electrons. The molecular formula is C29H31N7O12S2. The molecule has 0 saturated carbocycles. The van der Waals surface area contributed by atoms with Crippen molar-refractivity contribution >= 4 is 72.0 Å². The van der Waals surface area contributed by atoms with E-state index in [1.807, 2.05) is 0 Å². The first-order chi connectivity index (χ1) is 23.4. The van der Waals surface area contributed by atoms with E-state index in [4.69, 9.17) is 25.1 Å². The summed E-state index contributed by atoms with van der Waals surface area (Å²) in [5.41, 5.74) is 6.31. The van der Waals surface area contributed by atoms with E-state index in [9.17, 15) is 36.0 Å². The molecule has 1 aromatic heterocycles. The van der Waals surface area contributed by atoms with Gasteiger partial charge in [0.1, 0.15) is 27.3 Å². The summed E-state index contributed by atoms with van der Waals surface area (Å²) in [5, 5.41) is 29.6. The van der Waals surface area contributed by atoms with Gasteiger partial charge in [-0.3, -0.25) is 23.5 Å². The van der Waals surface area contributed by atoms with E-state index >= 15 is 0 Å². The van der Waals surface area contributed by atoms with Crippen LogP contribution in [0, 0.1) is 0 Å². The van der Waals surface area contributed by atoms with Crippen LogP contribution in [0.3, 0.4) is 0 Å². The Kier molecular flexibility index (Phi) is 11.3. The number of anilines is 4. The van der Waals surface area contributed by atoms with Crippen molar-refractivity contribution in [1.29, 1.82) is 0 Å². The monoisotopic (exact) mass is 733 g/mol. The number of carbonyl (C=O) groups is 3. The number of benzene rings is 3. The average Bonchev–Trinajstić information content (AvgIpc) is 3.04. The quantitative estimate of drug-likeness (QED) is 0.0963. The second kappa shape index (κ2) is 15.2. The van der Waals surface area contributed by atoms with Crippen molar-refractivity contribution in [2.24, 2.45) is 0 Å². The minimum Gasteiger partial charge on any atom is -0.481 e. The highest BCUT2D eigenvalue weighted by molar-refractivity contribution is 7.86. The van der Waals surface area contributed by atoms with Crippen LogP contribution in [0.5, 0.6) is 0 Å². The van der Waals surface area contributed by atoms with E-state index < -0.39 is 59.5 Å². The van der Waals surface area contributed by atoms with Crippen molar-refractivity contribution in [3.8, 4) is 0 Å². The summed E-state index contributed by atoms with van der Waals surface area (Å²) in [5.74, 6) is -2.55. The second-order valence-corrected chi connectivity index (χ2v) is 13.5. The normalized spacial score (nSPS) is 14.5. The molecule has 0 unspecified atom stereocenters. The van der Waals surface area contributed by atoms with E-state index in [0.29, 0.717) is 30.3 Å². The molecule has 4 aromatic rings. The number of carboxylic acids is 2. The van der Waals surface area contributed by atoms with E-state index in [0.717, 1.165) is 12.1 Å². The Bertz CT molecular complexity index is 2140. The summed E-state index contributed by atoms with van der Waals surface area (Å²) in [6, 6.07) is 12.5. The number of nitrogens with one attached hydrogen (secondary N) is 5. The van der Waals surface area contributed by atoms with Crippen molar-refractivity contribution in [2.75, 3.05) is 34.8 Å². The van der Waals surface area contributed by atoms with Gasteiger partial charge < -0.3 is 42.2 Å². The number of fused-ring (bicyclic) bond motifs is 2. The van der Waals surface area contributed by atoms with Crippen LogP contribution in [0.4, 0.5) is 23.1 Å². The predicted octanol–water partition coefficient (Wildman–Crippen LogP) is 1.05. The summed E-state index contributed by atoms with van der Waals surface area (Å²) in [6.07, 6.45) is -0.587. The van der Waals surface area contributed by atoms with Crippen LogP contribution in [0.1, 0.15) is 23.2 Å². The first-order valence-corrected chi connectivity index (χ1v) is 17.3. The number of nitrogens with two attached hydrogens (primary N) is 1. The molecule has 1 aliphatic rings. The number of aromatic nitrogens is 2. The first-order valence-electron chi connectivity index (χ1n) is 14.4. The third-order valence-electron chi connectivity index (χ3n) is 7.16. The Labute approximate surface area is 283 Å². The van der Waals surface area contributed by atoms with Gasteiger partial charge >= 0.3 is 11.9 Å². The highest BCUT2D eigenvalue weighted by atomic mass is 32.2. The number of carbonyl (C=O) groups excluding carboxylic acids is 1. The Morgan fingerprint density at radius 3 is 2.02 bits per heavy atom. The molecule has 1 aliphatic heterocycles. The van der Waals surface area contributed by atoms with Crippen molar-refractivity contribution < 1.29 is 50.5 Å². The molecule has 0 spiro atoms. The Balaban J connectivity index is 0.000000263. The van der Waals surface area contributed by atoms with Crippen LogP contribution in [0.2, 0.25) is 0 Å². The number of H-pyrrole nitrogens is 1. The van der Waals surface area contributed by atoms with Gasteiger partial charge in [-0.05, 0) is 42.8 Å². The van der Waals surface area contributed by atoms with Gasteiger partial charge in [0.15, 0.2) is 0 Å². The lowest BCUT2D eigenvalue weighted by atomic mass is 10.1. The molecule has 1 amide bonds. The van der Waals surface area contributed by atoms with Gasteiger partial charge in [-0.2, -0.15) is 21.8 Å². The highest BCUT2D eigenvalue weighted by Crippen LogP contribution is 2.28. The largest absolute Gasteiger partial charge is 0.481 e. The molecule has 2 heterocycles. The maximum Gasteiger partial charge on any atom is 0.326 e. The van der Waals surface area contributed by atoms with E-state index in [-0.39, 0.29) is 41.2 Å². The number of hydrogen-bond acceptors (Lipinski definition) is 13. The number of rotatable bonds is 11. The molecule has 11 N–H and O–H groups in total. The number of aliphatic carboxylic acids is 2. The third-order valence-corrected chi connectivity index (χ3v) is 8.98. The average molecular weight is 734 g/mol. The number of amides is 1. The molecule has 0 fully saturated rings. The molecule has 2 atom stereocenters. The first kappa shape index (κ1) is 37.1. The fourth-order valence-corrected chi connectivity index (χ4v) is 6.22. The standard InChI is InChI=1S/C19H23N7O6.C10H8O6S2/c20-19-25-15-14(17(30)26-19)23-11(8-22-15)7-21-10-3-1-9(2-4-10)16(29)24-12(18(31)32)5-6-13(27)28;11-17(12,13)9-5-1-3-7-8(9)4-2-6-10(7)18(14,15)16/h1-4,11-12,21,23H,5-8H2,(H,24,29)(H,27,28)(H,31,32)(H4,20,22,25,26,30);1-6H,(H,11,12,13)(H,14,15,16)/t11-,12+;/m1./s1.